The van der Waals surface area contributed by atoms with Crippen LogP contribution in [0.3, 0.4) is 0 Å². The first-order chi connectivity index (χ1) is 20.3. The number of aryl methyl sites for hydroxylation is 1. The van der Waals surface area contributed by atoms with Gasteiger partial charge in [0.2, 0.25) is 0 Å². The fraction of sp³-hybridized carbons (Fsp3) is 0.462. The minimum absolute atomic E-state index is 0.00154. The molecule has 43 heavy (non-hydrogen) atoms. The Balaban J connectivity index is 1.28. The van der Waals surface area contributed by atoms with E-state index >= 15 is 0 Å². The van der Waals surface area contributed by atoms with Crippen molar-refractivity contribution in [1.82, 2.24) is 39.1 Å². The smallest absolute Gasteiger partial charge is 0.390 e. The zero-order valence-electron chi connectivity index (χ0n) is 23.2. The fourth-order valence-corrected chi connectivity index (χ4v) is 6.46. The van der Waals surface area contributed by atoms with Gasteiger partial charge in [-0.3, -0.25) is 4.68 Å². The standard InChI is InChI=1S/C26H29F3N10O3S/c1-25(40)8-5-16(6-9-25)32-18-12-22(35-36-23(18)19-11-20(26(27,28)29)38(2)37-19)33-21-7-10-30-24(34-21)15-13-31-39(14-15)43(41,42)17-3-4-17/h7,10-14,16-17,40H,3-6,8-9H2,1-2H3,(H2,30,32,33,34,35). The molecule has 0 aliphatic heterocycles. The molecule has 2 fully saturated rings. The van der Waals surface area contributed by atoms with Crippen molar-refractivity contribution < 1.29 is 26.7 Å². The summed E-state index contributed by atoms with van der Waals surface area (Å²) in [4.78, 5) is 8.68. The van der Waals surface area contributed by atoms with E-state index in [1.807, 2.05) is 0 Å². The predicted molar refractivity (Wildman–Crippen MR) is 150 cm³/mol. The van der Waals surface area contributed by atoms with Crippen LogP contribution >= 0.6 is 0 Å². The largest absolute Gasteiger partial charge is 0.433 e. The van der Waals surface area contributed by atoms with Gasteiger partial charge in [-0.2, -0.15) is 27.5 Å². The van der Waals surface area contributed by atoms with Crippen LogP contribution in [0.25, 0.3) is 22.8 Å². The number of aromatic nitrogens is 8. The number of anilines is 3. The van der Waals surface area contributed by atoms with Gasteiger partial charge >= 0.3 is 6.18 Å². The van der Waals surface area contributed by atoms with Crippen LogP contribution in [0.1, 0.15) is 51.1 Å². The monoisotopic (exact) mass is 618 g/mol. The van der Waals surface area contributed by atoms with Crippen LogP contribution in [-0.2, 0) is 23.2 Å². The summed E-state index contributed by atoms with van der Waals surface area (Å²) >= 11 is 0. The van der Waals surface area contributed by atoms with E-state index in [2.05, 4.69) is 41.0 Å². The van der Waals surface area contributed by atoms with Crippen molar-refractivity contribution in [3.8, 4) is 22.8 Å². The summed E-state index contributed by atoms with van der Waals surface area (Å²) in [7, 11) is -2.33. The Morgan fingerprint density at radius 1 is 1.09 bits per heavy atom. The zero-order valence-corrected chi connectivity index (χ0v) is 24.1. The summed E-state index contributed by atoms with van der Waals surface area (Å²) in [6.45, 7) is 1.78. The van der Waals surface area contributed by atoms with E-state index < -0.39 is 32.7 Å². The molecule has 0 aromatic carbocycles. The van der Waals surface area contributed by atoms with Crippen LogP contribution in [-0.4, -0.2) is 69.5 Å². The van der Waals surface area contributed by atoms with Gasteiger partial charge in [-0.15, -0.1) is 10.2 Å². The second kappa shape index (κ2) is 10.6. The van der Waals surface area contributed by atoms with Crippen LogP contribution in [0.4, 0.5) is 30.5 Å². The van der Waals surface area contributed by atoms with Gasteiger partial charge in [0.1, 0.15) is 22.9 Å². The third-order valence-corrected chi connectivity index (χ3v) is 9.60. The first-order valence-corrected chi connectivity index (χ1v) is 15.2. The van der Waals surface area contributed by atoms with Gasteiger partial charge in [0.05, 0.1) is 34.5 Å². The topological polar surface area (TPSA) is 166 Å². The third kappa shape index (κ3) is 6.17. The molecule has 0 bridgehead atoms. The van der Waals surface area contributed by atoms with E-state index in [9.17, 15) is 26.7 Å². The molecular formula is C26H29F3N10O3S. The van der Waals surface area contributed by atoms with Gasteiger partial charge in [-0.25, -0.2) is 18.4 Å². The summed E-state index contributed by atoms with van der Waals surface area (Å²) < 4.78 is 67.2. The summed E-state index contributed by atoms with van der Waals surface area (Å²) in [5.74, 6) is 0.798. The first kappa shape index (κ1) is 29.0. The molecule has 13 nitrogen and oxygen atoms in total. The highest BCUT2D eigenvalue weighted by Gasteiger charge is 2.38. The fourth-order valence-electron chi connectivity index (χ4n) is 4.98. The van der Waals surface area contributed by atoms with Crippen molar-refractivity contribution in [2.75, 3.05) is 10.6 Å². The number of hydrogen-bond acceptors (Lipinski definition) is 11. The van der Waals surface area contributed by atoms with Crippen LogP contribution in [0.15, 0.2) is 36.8 Å². The van der Waals surface area contributed by atoms with E-state index in [1.165, 1.54) is 25.6 Å². The van der Waals surface area contributed by atoms with E-state index in [0.717, 1.165) is 14.8 Å². The summed E-state index contributed by atoms with van der Waals surface area (Å²) in [5, 5.41) is 32.7. The van der Waals surface area contributed by atoms with Gasteiger partial charge in [-0.05, 0) is 57.6 Å². The Morgan fingerprint density at radius 3 is 2.51 bits per heavy atom. The minimum Gasteiger partial charge on any atom is -0.390 e. The molecule has 0 unspecified atom stereocenters. The lowest BCUT2D eigenvalue weighted by atomic mass is 9.83. The lowest BCUT2D eigenvalue weighted by Crippen LogP contribution is -2.35. The van der Waals surface area contributed by atoms with Gasteiger partial charge in [0.15, 0.2) is 11.6 Å². The number of nitrogens with one attached hydrogen (secondary N) is 2. The first-order valence-electron chi connectivity index (χ1n) is 13.7. The van der Waals surface area contributed by atoms with Gasteiger partial charge in [0, 0.05) is 25.4 Å². The van der Waals surface area contributed by atoms with Crippen LogP contribution in [0.2, 0.25) is 0 Å². The molecule has 17 heteroatoms. The van der Waals surface area contributed by atoms with Crippen molar-refractivity contribution in [3.63, 3.8) is 0 Å². The number of halogens is 3. The van der Waals surface area contributed by atoms with E-state index in [0.29, 0.717) is 55.6 Å². The predicted octanol–water partition coefficient (Wildman–Crippen LogP) is 3.74. The maximum atomic E-state index is 13.5. The molecule has 0 atom stereocenters. The highest BCUT2D eigenvalue weighted by Crippen LogP contribution is 2.36. The van der Waals surface area contributed by atoms with Crippen molar-refractivity contribution in [2.24, 2.45) is 7.05 Å². The number of aliphatic hydroxyl groups is 1. The highest BCUT2D eigenvalue weighted by molar-refractivity contribution is 7.90. The van der Waals surface area contributed by atoms with Crippen LogP contribution in [0, 0.1) is 0 Å². The van der Waals surface area contributed by atoms with E-state index in [-0.39, 0.29) is 29.1 Å². The highest BCUT2D eigenvalue weighted by atomic mass is 32.2. The minimum atomic E-state index is -4.60. The molecular weight excluding hydrogens is 589 g/mol. The molecule has 3 N–H and O–H groups in total. The second-order valence-corrected chi connectivity index (χ2v) is 13.3. The van der Waals surface area contributed by atoms with Gasteiger partial charge < -0.3 is 15.7 Å². The Bertz CT molecular complexity index is 1760. The third-order valence-electron chi connectivity index (χ3n) is 7.57. The molecule has 4 aromatic rings. The van der Waals surface area contributed by atoms with Crippen LogP contribution < -0.4 is 10.6 Å². The molecule has 0 amide bonds. The number of alkyl halides is 3. The summed E-state index contributed by atoms with van der Waals surface area (Å²) in [6.07, 6.45) is 3.26. The molecule has 2 aliphatic rings. The Kier molecular flexibility index (Phi) is 7.11. The Hall–Kier alpha value is -4.12. The molecule has 0 spiro atoms. The number of rotatable bonds is 8. The molecule has 6 rings (SSSR count). The lowest BCUT2D eigenvalue weighted by Gasteiger charge is -2.34. The van der Waals surface area contributed by atoms with Crippen molar-refractivity contribution in [2.45, 2.75) is 68.5 Å². The van der Waals surface area contributed by atoms with Gasteiger partial charge in [-0.1, -0.05) is 0 Å². The van der Waals surface area contributed by atoms with Crippen molar-refractivity contribution in [3.05, 3.63) is 42.5 Å². The van der Waals surface area contributed by atoms with E-state index in [4.69, 9.17) is 0 Å². The second-order valence-electron chi connectivity index (χ2n) is 11.2. The normalized spacial score (nSPS) is 21.1. The Morgan fingerprint density at radius 2 is 1.84 bits per heavy atom. The SMILES string of the molecule is Cn1nc(-c2nnc(Nc3ccnc(-c4cnn(S(=O)(=O)C5CC5)c4)n3)cc2NC2CCC(C)(O)CC2)cc1C(F)(F)F. The van der Waals surface area contributed by atoms with Gasteiger partial charge in [0.25, 0.3) is 10.0 Å². The molecule has 4 heterocycles. The van der Waals surface area contributed by atoms with Crippen molar-refractivity contribution >= 4 is 27.3 Å². The maximum absolute atomic E-state index is 13.5. The molecule has 0 radical (unpaired) electrons. The van der Waals surface area contributed by atoms with Crippen LogP contribution in [0.5, 0.6) is 0 Å². The van der Waals surface area contributed by atoms with Crippen molar-refractivity contribution in [1.29, 1.82) is 0 Å². The molecule has 228 valence electrons. The summed E-state index contributed by atoms with van der Waals surface area (Å²) in [5.41, 5.74) is -0.732. The maximum Gasteiger partial charge on any atom is 0.433 e. The van der Waals surface area contributed by atoms with E-state index in [1.54, 1.807) is 19.1 Å². The molecule has 0 saturated heterocycles. The lowest BCUT2D eigenvalue weighted by molar-refractivity contribution is -0.143. The molecule has 4 aromatic heterocycles. The summed E-state index contributed by atoms with van der Waals surface area (Å²) in [6, 6.07) is 4.05. The average molecular weight is 619 g/mol. The quantitative estimate of drug-likeness (QED) is 0.263. The number of nitrogens with zero attached hydrogens (tertiary/aromatic N) is 8. The average Bonchev–Trinajstić information content (AvgIpc) is 3.55. The number of hydrogen-bond donors (Lipinski definition) is 3. The molecule has 2 aliphatic carbocycles. The molecule has 2 saturated carbocycles. The zero-order chi connectivity index (χ0) is 30.6. The Labute approximate surface area is 244 Å².